The van der Waals surface area contributed by atoms with Gasteiger partial charge in [-0.25, -0.2) is 0 Å². The predicted octanol–water partition coefficient (Wildman–Crippen LogP) is 5.85. The van der Waals surface area contributed by atoms with Crippen LogP contribution >= 0.6 is 11.8 Å². The summed E-state index contributed by atoms with van der Waals surface area (Å²) in [6, 6.07) is 10.8. The van der Waals surface area contributed by atoms with Crippen LogP contribution in [-0.4, -0.2) is 29.3 Å². The van der Waals surface area contributed by atoms with E-state index in [4.69, 9.17) is 0 Å². The lowest BCUT2D eigenvalue weighted by Crippen LogP contribution is -2.48. The Morgan fingerprint density at radius 3 is 2.19 bits per heavy atom. The number of nitrogens with zero attached hydrogens (tertiary/aromatic N) is 1. The molecule has 0 amide bonds. The van der Waals surface area contributed by atoms with Crippen molar-refractivity contribution in [2.24, 2.45) is 0 Å². The second-order valence-corrected chi connectivity index (χ2v) is 6.94. The molecule has 120 valence electrons. The van der Waals surface area contributed by atoms with E-state index >= 15 is 0 Å². The van der Waals surface area contributed by atoms with Crippen LogP contribution in [0.15, 0.2) is 35.2 Å². The van der Waals surface area contributed by atoms with Crippen molar-refractivity contribution in [3.63, 3.8) is 0 Å². The lowest BCUT2D eigenvalue weighted by molar-refractivity contribution is 0.0740. The van der Waals surface area contributed by atoms with Crippen LogP contribution in [0.1, 0.15) is 59.8 Å². The van der Waals surface area contributed by atoms with E-state index in [1.807, 2.05) is 11.8 Å². The van der Waals surface area contributed by atoms with Crippen LogP contribution in [0, 0.1) is 0 Å². The molecule has 0 atom stereocenters. The lowest BCUT2D eigenvalue weighted by Gasteiger charge is -2.43. The van der Waals surface area contributed by atoms with Crippen LogP contribution in [0.2, 0.25) is 0 Å². The third-order valence-electron chi connectivity index (χ3n) is 4.66. The molecule has 1 aromatic carbocycles. The maximum atomic E-state index is 2.72. The molecule has 1 nitrogen and oxygen atoms in total. The van der Waals surface area contributed by atoms with Crippen molar-refractivity contribution in [1.82, 2.24) is 4.90 Å². The van der Waals surface area contributed by atoms with Gasteiger partial charge in [0.1, 0.15) is 0 Å². The van der Waals surface area contributed by atoms with Crippen molar-refractivity contribution >= 4 is 11.8 Å². The molecule has 0 bridgehead atoms. The summed E-state index contributed by atoms with van der Waals surface area (Å²) in [5, 5.41) is 0. The van der Waals surface area contributed by atoms with Crippen LogP contribution in [0.25, 0.3) is 0 Å². The number of hydrogen-bond donors (Lipinski definition) is 0. The zero-order valence-corrected chi connectivity index (χ0v) is 15.2. The molecule has 0 radical (unpaired) electrons. The molecule has 0 aliphatic heterocycles. The first-order valence-corrected chi connectivity index (χ1v) is 9.63. The van der Waals surface area contributed by atoms with Crippen molar-refractivity contribution in [3.05, 3.63) is 30.3 Å². The molecule has 1 rings (SSSR count). The summed E-state index contributed by atoms with van der Waals surface area (Å²) in [7, 11) is 0. The molecule has 0 aliphatic carbocycles. The average molecular weight is 308 g/mol. The maximum Gasteiger partial charge on any atom is 0.0204 e. The molecule has 0 fully saturated rings. The monoisotopic (exact) mass is 307 g/mol. The van der Waals surface area contributed by atoms with Gasteiger partial charge in [0.15, 0.2) is 0 Å². The zero-order valence-electron chi connectivity index (χ0n) is 14.4. The minimum absolute atomic E-state index is 0.419. The van der Waals surface area contributed by atoms with Gasteiger partial charge >= 0.3 is 0 Å². The van der Waals surface area contributed by atoms with Crippen LogP contribution < -0.4 is 0 Å². The van der Waals surface area contributed by atoms with E-state index < -0.39 is 0 Å². The average Bonchev–Trinajstić information content (AvgIpc) is 2.55. The molecule has 21 heavy (non-hydrogen) atoms. The highest BCUT2D eigenvalue weighted by molar-refractivity contribution is 7.99. The molecule has 0 heterocycles. The van der Waals surface area contributed by atoms with Crippen LogP contribution in [0.3, 0.4) is 0 Å². The third-order valence-corrected chi connectivity index (χ3v) is 5.76. The fourth-order valence-electron chi connectivity index (χ4n) is 3.32. The Morgan fingerprint density at radius 1 is 1.00 bits per heavy atom. The summed E-state index contributed by atoms with van der Waals surface area (Å²) in [6.45, 7) is 11.8. The van der Waals surface area contributed by atoms with E-state index in [1.54, 1.807) is 0 Å². The summed E-state index contributed by atoms with van der Waals surface area (Å²) in [5.74, 6) is 1.23. The third kappa shape index (κ3) is 5.67. The first kappa shape index (κ1) is 18.6. The normalized spacial score (nSPS) is 12.0. The molecule has 0 spiro atoms. The Balaban J connectivity index is 2.50. The number of rotatable bonds is 11. The van der Waals surface area contributed by atoms with Gasteiger partial charge in [0.05, 0.1) is 0 Å². The molecular formula is C19H33NS. The lowest BCUT2D eigenvalue weighted by atomic mass is 9.85. The van der Waals surface area contributed by atoms with Gasteiger partial charge in [-0.05, 0) is 63.1 Å². The van der Waals surface area contributed by atoms with Crippen molar-refractivity contribution in [2.45, 2.75) is 70.2 Å². The highest BCUT2D eigenvalue weighted by atomic mass is 32.2. The smallest absolute Gasteiger partial charge is 0.0204 e. The van der Waals surface area contributed by atoms with Gasteiger partial charge in [-0.2, -0.15) is 0 Å². The Kier molecular flexibility index (Phi) is 9.10. The van der Waals surface area contributed by atoms with E-state index in [0.717, 1.165) is 0 Å². The molecule has 0 unspecified atom stereocenters. The van der Waals surface area contributed by atoms with Gasteiger partial charge in [-0.3, -0.25) is 4.90 Å². The summed E-state index contributed by atoms with van der Waals surface area (Å²) in [5.41, 5.74) is 0.419. The van der Waals surface area contributed by atoms with Gasteiger partial charge in [-0.15, -0.1) is 11.8 Å². The first-order chi connectivity index (χ1) is 10.2. The van der Waals surface area contributed by atoms with E-state index in [0.29, 0.717) is 5.54 Å². The molecule has 0 aromatic heterocycles. The summed E-state index contributed by atoms with van der Waals surface area (Å²) in [4.78, 5) is 4.12. The SMILES string of the molecule is CCCN(CC)C(CC)(CC)CCCSc1ccccc1. The molecule has 0 aliphatic rings. The highest BCUT2D eigenvalue weighted by Crippen LogP contribution is 2.31. The van der Waals surface area contributed by atoms with Crippen molar-refractivity contribution in [2.75, 3.05) is 18.8 Å². The van der Waals surface area contributed by atoms with E-state index in [9.17, 15) is 0 Å². The highest BCUT2D eigenvalue weighted by Gasteiger charge is 2.31. The topological polar surface area (TPSA) is 3.24 Å². The van der Waals surface area contributed by atoms with E-state index in [1.165, 1.54) is 55.8 Å². The summed E-state index contributed by atoms with van der Waals surface area (Å²) >= 11 is 2.00. The molecule has 0 N–H and O–H groups in total. The Hall–Kier alpha value is -0.470. The molecular weight excluding hydrogens is 274 g/mol. The predicted molar refractivity (Wildman–Crippen MR) is 97.3 cm³/mol. The molecule has 0 saturated carbocycles. The standard InChI is InChI=1S/C19H33NS/c1-5-16-20(8-4)19(6-2,7-3)15-12-17-21-18-13-10-9-11-14-18/h9-11,13-14H,5-8,12,15-17H2,1-4H3. The number of benzene rings is 1. The van der Waals surface area contributed by atoms with Crippen LogP contribution in [-0.2, 0) is 0 Å². The minimum Gasteiger partial charge on any atom is -0.298 e. The first-order valence-electron chi connectivity index (χ1n) is 8.65. The summed E-state index contributed by atoms with van der Waals surface area (Å²) in [6.07, 6.45) is 6.43. The zero-order chi connectivity index (χ0) is 15.6. The fraction of sp³-hybridized carbons (Fsp3) is 0.684. The molecule has 0 saturated heterocycles. The summed E-state index contributed by atoms with van der Waals surface area (Å²) < 4.78 is 0. The van der Waals surface area contributed by atoms with Crippen molar-refractivity contribution in [1.29, 1.82) is 0 Å². The second kappa shape index (κ2) is 10.3. The maximum absolute atomic E-state index is 2.72. The minimum atomic E-state index is 0.419. The van der Waals surface area contributed by atoms with Crippen LogP contribution in [0.5, 0.6) is 0 Å². The van der Waals surface area contributed by atoms with Gasteiger partial charge < -0.3 is 0 Å². The van der Waals surface area contributed by atoms with Crippen molar-refractivity contribution < 1.29 is 0 Å². The van der Waals surface area contributed by atoms with E-state index in [-0.39, 0.29) is 0 Å². The quantitative estimate of drug-likeness (QED) is 0.372. The Morgan fingerprint density at radius 2 is 1.67 bits per heavy atom. The largest absolute Gasteiger partial charge is 0.298 e. The Labute approximate surface area is 136 Å². The number of hydrogen-bond acceptors (Lipinski definition) is 2. The van der Waals surface area contributed by atoms with Gasteiger partial charge in [0, 0.05) is 10.4 Å². The fourth-order valence-corrected chi connectivity index (χ4v) is 4.19. The van der Waals surface area contributed by atoms with E-state index in [2.05, 4.69) is 62.9 Å². The second-order valence-electron chi connectivity index (χ2n) is 5.78. The Bertz CT molecular complexity index is 359. The van der Waals surface area contributed by atoms with Gasteiger partial charge in [0.2, 0.25) is 0 Å². The molecule has 2 heteroatoms. The van der Waals surface area contributed by atoms with Crippen LogP contribution in [0.4, 0.5) is 0 Å². The molecule has 1 aromatic rings. The van der Waals surface area contributed by atoms with Crippen molar-refractivity contribution in [3.8, 4) is 0 Å². The number of thioether (sulfide) groups is 1. The van der Waals surface area contributed by atoms with Gasteiger partial charge in [0.25, 0.3) is 0 Å². The van der Waals surface area contributed by atoms with Gasteiger partial charge in [-0.1, -0.05) is 45.9 Å².